The summed E-state index contributed by atoms with van der Waals surface area (Å²) in [6, 6.07) is 0. The van der Waals surface area contributed by atoms with Gasteiger partial charge in [-0.2, -0.15) is 61.5 Å². The highest BCUT2D eigenvalue weighted by Gasteiger charge is 2.88. The molecule has 29 heavy (non-hydrogen) atoms. The average Bonchev–Trinajstić information content (AvgIpc) is 2.49. The summed E-state index contributed by atoms with van der Waals surface area (Å²) in [4.78, 5) is 22.1. The predicted octanol–water partition coefficient (Wildman–Crippen LogP) is 4.79. The van der Waals surface area contributed by atoms with Gasteiger partial charge in [0.2, 0.25) is 5.78 Å². The summed E-state index contributed by atoms with van der Waals surface area (Å²) in [5, 5.41) is 0. The van der Waals surface area contributed by atoms with E-state index in [4.69, 9.17) is 0 Å². The van der Waals surface area contributed by atoms with Gasteiger partial charge in [0.15, 0.2) is 5.92 Å². The van der Waals surface area contributed by atoms with Crippen LogP contribution in [0.1, 0.15) is 13.3 Å². The maximum atomic E-state index is 13.4. The topological polar surface area (TPSA) is 43.4 Å². The van der Waals surface area contributed by atoms with Crippen LogP contribution in [-0.2, 0) is 14.3 Å². The lowest BCUT2D eigenvalue weighted by Gasteiger charge is -2.36. The molecule has 0 rings (SSSR count). The van der Waals surface area contributed by atoms with Gasteiger partial charge < -0.3 is 4.74 Å². The number of hydrogen-bond donors (Lipinski definition) is 0. The molecule has 0 bridgehead atoms. The molecule has 0 fully saturated rings. The Kier molecular flexibility index (Phi) is 7.28. The van der Waals surface area contributed by atoms with Crippen LogP contribution in [0.25, 0.3) is 0 Å². The van der Waals surface area contributed by atoms with Gasteiger partial charge in [0.1, 0.15) is 0 Å². The zero-order valence-corrected chi connectivity index (χ0v) is 13.5. The first kappa shape index (κ1) is 27.2. The van der Waals surface area contributed by atoms with Crippen molar-refractivity contribution >= 4 is 11.8 Å². The van der Waals surface area contributed by atoms with Crippen LogP contribution in [0.2, 0.25) is 0 Å². The average molecular weight is 466 g/mol. The molecule has 3 nitrogen and oxygen atoms in total. The van der Waals surface area contributed by atoms with Crippen LogP contribution in [0.5, 0.6) is 0 Å². The number of ether oxygens (including phenoxy) is 1. The molecular formula is C12H8F14O3. The smallest absolute Gasteiger partial charge is 0.460 e. The molecule has 0 heterocycles. The van der Waals surface area contributed by atoms with Gasteiger partial charge in [-0.25, -0.2) is 0 Å². The molecule has 0 spiro atoms. The van der Waals surface area contributed by atoms with E-state index in [0.717, 1.165) is 6.92 Å². The zero-order valence-electron chi connectivity index (χ0n) is 13.5. The Morgan fingerprint density at radius 1 is 0.724 bits per heavy atom. The first-order valence-electron chi connectivity index (χ1n) is 6.84. The van der Waals surface area contributed by atoms with Gasteiger partial charge in [0.05, 0.1) is 6.61 Å². The van der Waals surface area contributed by atoms with Crippen molar-refractivity contribution in [3.8, 4) is 0 Å². The van der Waals surface area contributed by atoms with E-state index < -0.39 is 66.7 Å². The van der Waals surface area contributed by atoms with Crippen molar-refractivity contribution < 1.29 is 75.8 Å². The van der Waals surface area contributed by atoms with Gasteiger partial charge >= 0.3 is 42.0 Å². The molecule has 0 aliphatic rings. The van der Waals surface area contributed by atoms with Crippen LogP contribution in [-0.4, -0.2) is 54.4 Å². The summed E-state index contributed by atoms with van der Waals surface area (Å²) < 4.78 is 182. The van der Waals surface area contributed by atoms with Crippen LogP contribution >= 0.6 is 0 Å². The number of hydrogen-bond acceptors (Lipinski definition) is 3. The highest BCUT2D eigenvalue weighted by atomic mass is 19.4. The highest BCUT2D eigenvalue weighted by molar-refractivity contribution is 5.90. The summed E-state index contributed by atoms with van der Waals surface area (Å²) >= 11 is 0. The Bertz CT molecular complexity index is 618. The van der Waals surface area contributed by atoms with Gasteiger partial charge in [0.25, 0.3) is 0 Å². The molecule has 0 aromatic carbocycles. The normalized spacial score (nSPS) is 15.8. The summed E-state index contributed by atoms with van der Waals surface area (Å²) in [5.41, 5.74) is 0. The van der Waals surface area contributed by atoms with E-state index >= 15 is 0 Å². The quantitative estimate of drug-likeness (QED) is 0.382. The Morgan fingerprint density at radius 3 is 1.45 bits per heavy atom. The molecule has 0 aliphatic carbocycles. The van der Waals surface area contributed by atoms with E-state index in [1.165, 1.54) is 0 Å². The molecule has 1 unspecified atom stereocenters. The molecule has 0 aromatic rings. The molecule has 172 valence electrons. The van der Waals surface area contributed by atoms with E-state index in [0.29, 0.717) is 0 Å². The predicted molar refractivity (Wildman–Crippen MR) is 61.6 cm³/mol. The lowest BCUT2D eigenvalue weighted by molar-refractivity contribution is -0.417. The summed E-state index contributed by atoms with van der Waals surface area (Å²) in [7, 11) is 0. The summed E-state index contributed by atoms with van der Waals surface area (Å²) in [6.45, 7) is 0.0394. The Labute approximate surface area is 151 Å². The minimum absolute atomic E-state index is 0.845. The van der Waals surface area contributed by atoms with E-state index in [2.05, 4.69) is 4.74 Å². The van der Waals surface area contributed by atoms with Crippen molar-refractivity contribution in [3.63, 3.8) is 0 Å². The molecule has 0 amide bonds. The highest BCUT2D eigenvalue weighted by Crippen LogP contribution is 2.57. The molecule has 0 N–H and O–H groups in total. The number of esters is 1. The number of rotatable bonds is 8. The van der Waals surface area contributed by atoms with Crippen molar-refractivity contribution in [2.45, 2.75) is 49.4 Å². The molecule has 0 aromatic heterocycles. The fourth-order valence-electron chi connectivity index (χ4n) is 1.64. The standard InChI is InChI=1S/C12H8F14O3/c1-2-29-6(28)4(8(15,16)17)3-5(27)7(13,14)9(18,19)10(20,21)11(22,23)12(24,25)26/h4H,2-3H2,1H3. The maximum absolute atomic E-state index is 13.4. The molecule has 0 saturated carbocycles. The van der Waals surface area contributed by atoms with Gasteiger partial charge in [-0.15, -0.1) is 0 Å². The second kappa shape index (κ2) is 7.77. The van der Waals surface area contributed by atoms with E-state index in [1.807, 2.05) is 0 Å². The third kappa shape index (κ3) is 4.67. The number of ketones is 1. The third-order valence-corrected chi connectivity index (χ3v) is 3.24. The Hall–Kier alpha value is -1.84. The first-order valence-corrected chi connectivity index (χ1v) is 6.84. The molecule has 17 heteroatoms. The SMILES string of the molecule is CCOC(=O)C(CC(=O)C(F)(F)C(F)(F)C(F)(F)C(F)(F)C(F)(F)F)C(F)(F)F. The lowest BCUT2D eigenvalue weighted by atomic mass is 9.91. The fraction of sp³-hybridized carbons (Fsp3) is 0.833. The molecule has 0 radical (unpaired) electrons. The number of halogens is 14. The molecule has 1 atom stereocenters. The van der Waals surface area contributed by atoms with Crippen LogP contribution in [0.4, 0.5) is 61.5 Å². The largest absolute Gasteiger partial charge is 0.466 e. The summed E-state index contributed by atoms with van der Waals surface area (Å²) in [6.07, 6.45) is -16.4. The number of alkyl halides is 14. The summed E-state index contributed by atoms with van der Waals surface area (Å²) in [5.74, 6) is -41.0. The van der Waals surface area contributed by atoms with Crippen LogP contribution in [0.15, 0.2) is 0 Å². The van der Waals surface area contributed by atoms with Crippen LogP contribution in [0, 0.1) is 5.92 Å². The fourth-order valence-corrected chi connectivity index (χ4v) is 1.64. The second-order valence-corrected chi connectivity index (χ2v) is 5.27. The van der Waals surface area contributed by atoms with E-state index in [9.17, 15) is 71.1 Å². The van der Waals surface area contributed by atoms with Crippen LogP contribution < -0.4 is 0 Å². The van der Waals surface area contributed by atoms with E-state index in [1.54, 1.807) is 0 Å². The van der Waals surface area contributed by atoms with Crippen molar-refractivity contribution in [3.05, 3.63) is 0 Å². The Morgan fingerprint density at radius 2 is 1.14 bits per heavy atom. The third-order valence-electron chi connectivity index (χ3n) is 3.24. The zero-order chi connectivity index (χ0) is 23.9. The van der Waals surface area contributed by atoms with Gasteiger partial charge in [-0.05, 0) is 6.92 Å². The maximum Gasteiger partial charge on any atom is 0.460 e. The lowest BCUT2D eigenvalue weighted by Crippen LogP contribution is -2.68. The number of carbonyl (C=O) groups is 2. The van der Waals surface area contributed by atoms with Gasteiger partial charge in [0, 0.05) is 6.42 Å². The van der Waals surface area contributed by atoms with Crippen LogP contribution in [0.3, 0.4) is 0 Å². The minimum Gasteiger partial charge on any atom is -0.466 e. The van der Waals surface area contributed by atoms with Gasteiger partial charge in [-0.1, -0.05) is 0 Å². The van der Waals surface area contributed by atoms with Crippen molar-refractivity contribution in [1.82, 2.24) is 0 Å². The van der Waals surface area contributed by atoms with Gasteiger partial charge in [-0.3, -0.25) is 9.59 Å². The Balaban J connectivity index is 6.13. The molecule has 0 aliphatic heterocycles. The minimum atomic E-state index is -7.96. The molecular weight excluding hydrogens is 458 g/mol. The first-order chi connectivity index (χ1) is 12.5. The monoisotopic (exact) mass is 466 g/mol. The number of carbonyl (C=O) groups excluding carboxylic acids is 2. The van der Waals surface area contributed by atoms with Crippen molar-refractivity contribution in [2.75, 3.05) is 6.61 Å². The number of Topliss-reactive ketones (excluding diaryl/α,β-unsaturated/α-hetero) is 1. The van der Waals surface area contributed by atoms with Crippen molar-refractivity contribution in [1.29, 1.82) is 0 Å². The second-order valence-electron chi connectivity index (χ2n) is 5.27. The molecule has 0 saturated heterocycles. The van der Waals surface area contributed by atoms with Crippen molar-refractivity contribution in [2.24, 2.45) is 5.92 Å². The van der Waals surface area contributed by atoms with E-state index in [-0.39, 0.29) is 0 Å².